The number of ether oxygens (including phenoxy) is 1. The number of para-hydroxylation sites is 1. The summed E-state index contributed by atoms with van der Waals surface area (Å²) in [5.41, 5.74) is 0.946. The molecule has 0 saturated heterocycles. The van der Waals surface area contributed by atoms with Crippen molar-refractivity contribution in [1.29, 1.82) is 0 Å². The number of hydrogen-bond donors (Lipinski definition) is 1. The van der Waals surface area contributed by atoms with Gasteiger partial charge in [0.05, 0.1) is 5.56 Å². The lowest BCUT2D eigenvalue weighted by atomic mass is 10.2. The van der Waals surface area contributed by atoms with Crippen molar-refractivity contribution in [3.8, 4) is 5.75 Å². The van der Waals surface area contributed by atoms with Crippen molar-refractivity contribution in [2.24, 2.45) is 0 Å². The highest BCUT2D eigenvalue weighted by Gasteiger charge is 2.16. The fraction of sp³-hybridized carbons (Fsp3) is 0.263. The van der Waals surface area contributed by atoms with E-state index < -0.39 is 0 Å². The molecule has 132 valence electrons. The third-order valence-electron chi connectivity index (χ3n) is 3.69. The molecule has 0 fully saturated rings. The van der Waals surface area contributed by atoms with Gasteiger partial charge in [-0.1, -0.05) is 29.8 Å². The maximum Gasteiger partial charge on any atom is 0.260 e. The predicted octanol–water partition coefficient (Wildman–Crippen LogP) is 3.84. The zero-order valence-electron chi connectivity index (χ0n) is 14.3. The molecule has 25 heavy (non-hydrogen) atoms. The molecule has 2 aromatic rings. The van der Waals surface area contributed by atoms with Crippen LogP contribution in [0, 0.1) is 0 Å². The van der Waals surface area contributed by atoms with Crippen LogP contribution in [0.4, 0.5) is 5.69 Å². The molecule has 0 atom stereocenters. The minimum Gasteiger partial charge on any atom is -0.483 e. The number of halogens is 1. The van der Waals surface area contributed by atoms with E-state index in [1.165, 1.54) is 6.07 Å². The van der Waals surface area contributed by atoms with Gasteiger partial charge in [0.1, 0.15) is 5.75 Å². The molecule has 0 saturated carbocycles. The van der Waals surface area contributed by atoms with Crippen LogP contribution < -0.4 is 10.1 Å². The van der Waals surface area contributed by atoms with Crippen LogP contribution in [0.2, 0.25) is 5.02 Å². The summed E-state index contributed by atoms with van der Waals surface area (Å²) >= 11 is 6.01. The molecule has 5 nitrogen and oxygen atoms in total. The predicted molar refractivity (Wildman–Crippen MR) is 99.3 cm³/mol. The van der Waals surface area contributed by atoms with E-state index in [-0.39, 0.29) is 24.0 Å². The highest BCUT2D eigenvalue weighted by Crippen LogP contribution is 2.24. The Hall–Kier alpha value is -2.53. The molecule has 0 bridgehead atoms. The van der Waals surface area contributed by atoms with Crippen molar-refractivity contribution in [1.82, 2.24) is 4.90 Å². The van der Waals surface area contributed by atoms with Crippen LogP contribution in [-0.2, 0) is 4.79 Å². The Labute approximate surface area is 152 Å². The lowest BCUT2D eigenvalue weighted by Gasteiger charge is -2.19. The van der Waals surface area contributed by atoms with E-state index in [2.05, 4.69) is 5.32 Å². The van der Waals surface area contributed by atoms with Gasteiger partial charge in [-0.15, -0.1) is 0 Å². The van der Waals surface area contributed by atoms with Crippen molar-refractivity contribution >= 4 is 29.1 Å². The number of likely N-dealkylation sites (N-methyl/N-ethyl adjacent to an activating group) is 1. The van der Waals surface area contributed by atoms with E-state index in [1.54, 1.807) is 29.2 Å². The first-order chi connectivity index (χ1) is 12.0. The number of nitrogens with zero attached hydrogens (tertiary/aromatic N) is 1. The monoisotopic (exact) mass is 360 g/mol. The van der Waals surface area contributed by atoms with Gasteiger partial charge in [-0.2, -0.15) is 0 Å². The van der Waals surface area contributed by atoms with E-state index >= 15 is 0 Å². The summed E-state index contributed by atoms with van der Waals surface area (Å²) in [5, 5.41) is 3.20. The molecular formula is C19H21ClN2O3. The van der Waals surface area contributed by atoms with Crippen LogP contribution in [0.15, 0.2) is 48.5 Å². The van der Waals surface area contributed by atoms with Gasteiger partial charge in [0.15, 0.2) is 6.61 Å². The summed E-state index contributed by atoms with van der Waals surface area (Å²) in [6, 6.07) is 13.8. The Morgan fingerprint density at radius 3 is 2.40 bits per heavy atom. The molecule has 0 aliphatic rings. The van der Waals surface area contributed by atoms with Gasteiger partial charge in [0, 0.05) is 23.8 Å². The van der Waals surface area contributed by atoms with Crippen LogP contribution in [0.5, 0.6) is 5.75 Å². The van der Waals surface area contributed by atoms with E-state index in [1.807, 2.05) is 32.0 Å². The fourth-order valence-corrected chi connectivity index (χ4v) is 2.50. The highest BCUT2D eigenvalue weighted by molar-refractivity contribution is 6.31. The Bertz CT molecular complexity index is 731. The Kier molecular flexibility index (Phi) is 6.83. The first-order valence-corrected chi connectivity index (χ1v) is 8.49. The molecule has 0 aliphatic heterocycles. The average Bonchev–Trinajstić information content (AvgIpc) is 2.62. The number of hydrogen-bond acceptors (Lipinski definition) is 3. The molecule has 0 spiro atoms. The molecule has 0 aromatic heterocycles. The third-order valence-corrected chi connectivity index (χ3v) is 3.92. The minimum atomic E-state index is -0.348. The number of nitrogens with one attached hydrogen (secondary N) is 1. The van der Waals surface area contributed by atoms with E-state index in [0.29, 0.717) is 29.5 Å². The number of amides is 2. The summed E-state index contributed by atoms with van der Waals surface area (Å²) in [5.74, 6) is -0.160. The Morgan fingerprint density at radius 2 is 1.76 bits per heavy atom. The van der Waals surface area contributed by atoms with Crippen LogP contribution in [0.1, 0.15) is 24.2 Å². The van der Waals surface area contributed by atoms with Crippen molar-refractivity contribution in [3.05, 3.63) is 59.1 Å². The number of carbonyl (C=O) groups is 2. The summed E-state index contributed by atoms with van der Waals surface area (Å²) in [4.78, 5) is 26.3. The third kappa shape index (κ3) is 5.22. The molecule has 0 heterocycles. The van der Waals surface area contributed by atoms with Crippen LogP contribution in [-0.4, -0.2) is 36.4 Å². The molecule has 0 aliphatic carbocycles. The largest absolute Gasteiger partial charge is 0.483 e. The summed E-state index contributed by atoms with van der Waals surface area (Å²) < 4.78 is 5.59. The number of carbonyl (C=O) groups excluding carboxylic acids is 2. The molecule has 2 aromatic carbocycles. The number of rotatable bonds is 7. The first-order valence-electron chi connectivity index (χ1n) is 8.11. The number of anilines is 1. The van der Waals surface area contributed by atoms with Crippen molar-refractivity contribution in [2.75, 3.05) is 25.0 Å². The normalized spacial score (nSPS) is 10.2. The molecule has 1 N–H and O–H groups in total. The SMILES string of the molecule is CCN(CC)C(=O)COc1ccc(Cl)cc1C(=O)Nc1ccccc1. The second-order valence-corrected chi connectivity index (χ2v) is 5.75. The topological polar surface area (TPSA) is 58.6 Å². The highest BCUT2D eigenvalue weighted by atomic mass is 35.5. The summed E-state index contributed by atoms with van der Waals surface area (Å²) in [6.07, 6.45) is 0. The van der Waals surface area contributed by atoms with Gasteiger partial charge in [-0.05, 0) is 44.2 Å². The van der Waals surface area contributed by atoms with E-state index in [4.69, 9.17) is 16.3 Å². The smallest absolute Gasteiger partial charge is 0.260 e. The van der Waals surface area contributed by atoms with Gasteiger partial charge in [-0.25, -0.2) is 0 Å². The molecular weight excluding hydrogens is 340 g/mol. The fourth-order valence-electron chi connectivity index (χ4n) is 2.33. The van der Waals surface area contributed by atoms with E-state index in [0.717, 1.165) is 0 Å². The van der Waals surface area contributed by atoms with Gasteiger partial charge >= 0.3 is 0 Å². The zero-order chi connectivity index (χ0) is 18.2. The molecule has 2 rings (SSSR count). The maximum atomic E-state index is 12.5. The maximum absolute atomic E-state index is 12.5. The minimum absolute atomic E-state index is 0.130. The van der Waals surface area contributed by atoms with Gasteiger partial charge in [0.2, 0.25) is 0 Å². The Morgan fingerprint density at radius 1 is 1.08 bits per heavy atom. The second-order valence-electron chi connectivity index (χ2n) is 5.32. The van der Waals surface area contributed by atoms with Gasteiger partial charge in [-0.3, -0.25) is 9.59 Å². The Balaban J connectivity index is 2.14. The quantitative estimate of drug-likeness (QED) is 0.816. The molecule has 6 heteroatoms. The zero-order valence-corrected chi connectivity index (χ0v) is 15.0. The van der Waals surface area contributed by atoms with Crippen LogP contribution >= 0.6 is 11.6 Å². The summed E-state index contributed by atoms with van der Waals surface area (Å²) in [6.45, 7) is 4.90. The van der Waals surface area contributed by atoms with Gasteiger partial charge < -0.3 is 15.0 Å². The average molecular weight is 361 g/mol. The molecule has 0 radical (unpaired) electrons. The molecule has 0 unspecified atom stereocenters. The van der Waals surface area contributed by atoms with E-state index in [9.17, 15) is 9.59 Å². The van der Waals surface area contributed by atoms with Crippen LogP contribution in [0.25, 0.3) is 0 Å². The van der Waals surface area contributed by atoms with Crippen molar-refractivity contribution < 1.29 is 14.3 Å². The van der Waals surface area contributed by atoms with Crippen LogP contribution in [0.3, 0.4) is 0 Å². The van der Waals surface area contributed by atoms with Gasteiger partial charge in [0.25, 0.3) is 11.8 Å². The second kappa shape index (κ2) is 9.08. The molecule has 2 amide bonds. The first kappa shape index (κ1) is 18.8. The standard InChI is InChI=1S/C19H21ClN2O3/c1-3-22(4-2)18(23)13-25-17-11-10-14(20)12-16(17)19(24)21-15-8-6-5-7-9-15/h5-12H,3-4,13H2,1-2H3,(H,21,24). The lowest BCUT2D eigenvalue weighted by molar-refractivity contribution is -0.132. The van der Waals surface area contributed by atoms with Crippen molar-refractivity contribution in [2.45, 2.75) is 13.8 Å². The number of benzene rings is 2. The summed E-state index contributed by atoms with van der Waals surface area (Å²) in [7, 11) is 0. The van der Waals surface area contributed by atoms with Crippen molar-refractivity contribution in [3.63, 3.8) is 0 Å². The lowest BCUT2D eigenvalue weighted by Crippen LogP contribution is -2.34.